The van der Waals surface area contributed by atoms with Gasteiger partial charge in [-0.1, -0.05) is 88.8 Å². The number of pyridine rings is 1. The van der Waals surface area contributed by atoms with Gasteiger partial charge in [0.25, 0.3) is 0 Å². The molecular weight excluding hydrogens is 382 g/mol. The van der Waals surface area contributed by atoms with E-state index in [1.165, 1.54) is 44.7 Å². The number of nitrogens with two attached hydrogens (primary N) is 1. The third-order valence-corrected chi connectivity index (χ3v) is 6.52. The molecule has 1 aliphatic carbocycles. The first kappa shape index (κ1) is 22.8. The molecule has 4 heteroatoms. The maximum absolute atomic E-state index is 7.51. The van der Waals surface area contributed by atoms with Crippen molar-refractivity contribution in [2.45, 2.75) is 59.3 Å². The summed E-state index contributed by atoms with van der Waals surface area (Å²) in [6.07, 6.45) is 13.7. The van der Waals surface area contributed by atoms with E-state index in [9.17, 15) is 0 Å². The minimum absolute atomic E-state index is 0.358. The fourth-order valence-electron chi connectivity index (χ4n) is 4.37. The van der Waals surface area contributed by atoms with Gasteiger partial charge in [0, 0.05) is 28.9 Å². The average molecular weight is 418 g/mol. The molecule has 2 heterocycles. The molecule has 1 aromatic carbocycles. The number of nitrogen functional groups attached to an aromatic ring is 1. The van der Waals surface area contributed by atoms with Crippen LogP contribution in [0.4, 0.5) is 5.82 Å². The van der Waals surface area contributed by atoms with Crippen LogP contribution in [0.3, 0.4) is 0 Å². The summed E-state index contributed by atoms with van der Waals surface area (Å²) in [6, 6.07) is 11.8. The number of hydrogen-bond donors (Lipinski definition) is 2. The maximum Gasteiger partial charge on any atom is 0.177 e. The molecule has 2 aromatic heterocycles. The van der Waals surface area contributed by atoms with Crippen molar-refractivity contribution in [2.24, 2.45) is 11.8 Å². The van der Waals surface area contributed by atoms with Gasteiger partial charge in [-0.3, -0.25) is 0 Å². The summed E-state index contributed by atoms with van der Waals surface area (Å²) in [6.45, 7) is 6.62. The van der Waals surface area contributed by atoms with Gasteiger partial charge in [0.15, 0.2) is 11.4 Å². The van der Waals surface area contributed by atoms with Gasteiger partial charge in [-0.15, -0.1) is 0 Å². The van der Waals surface area contributed by atoms with Gasteiger partial charge in [0.2, 0.25) is 0 Å². The van der Waals surface area contributed by atoms with Crippen molar-refractivity contribution in [3.8, 4) is 11.3 Å². The Balaban J connectivity index is 0.000000229. The third kappa shape index (κ3) is 5.43. The molecule has 1 atom stereocenters. The molecule has 0 radical (unpaired) electrons. The fraction of sp³-hybridized carbons (Fsp3) is 0.407. The Morgan fingerprint density at radius 3 is 2.55 bits per heavy atom. The van der Waals surface area contributed by atoms with E-state index in [0.717, 1.165) is 39.7 Å². The van der Waals surface area contributed by atoms with E-state index in [4.69, 9.17) is 15.6 Å². The summed E-state index contributed by atoms with van der Waals surface area (Å²) in [5.74, 6) is 3.15. The number of fused-ring (bicyclic) bond motifs is 1. The van der Waals surface area contributed by atoms with Crippen molar-refractivity contribution in [3.05, 3.63) is 54.2 Å². The summed E-state index contributed by atoms with van der Waals surface area (Å²) in [5.41, 5.74) is 9.10. The lowest BCUT2D eigenvalue weighted by atomic mass is 9.80. The summed E-state index contributed by atoms with van der Waals surface area (Å²) in [4.78, 5) is 4.17. The standard InChI is InChI=1S/C17H15N3O.C10H20/c1-2-11(9-18)14-10-20-17(19)16-13(14)8-15(21-16)12-6-4-3-5-7-12;1-3-9(2)10-7-5-4-6-8-10/h2-10,18H,1H3,(H2,19,20);9-10H,3-8H2,1-2H3/b11-2+,18-9?;. The third-order valence-electron chi connectivity index (χ3n) is 6.52. The van der Waals surface area contributed by atoms with Crippen LogP contribution in [0.1, 0.15) is 64.9 Å². The Labute approximate surface area is 186 Å². The lowest BCUT2D eigenvalue weighted by molar-refractivity contribution is 0.258. The Morgan fingerprint density at radius 1 is 1.23 bits per heavy atom. The molecule has 4 rings (SSSR count). The predicted molar refractivity (Wildman–Crippen MR) is 132 cm³/mol. The minimum atomic E-state index is 0.358. The summed E-state index contributed by atoms with van der Waals surface area (Å²) < 4.78 is 5.87. The first-order valence-electron chi connectivity index (χ1n) is 11.5. The molecule has 0 aliphatic heterocycles. The number of allylic oxidation sites excluding steroid dienone is 2. The van der Waals surface area contributed by atoms with Gasteiger partial charge in [0.05, 0.1) is 0 Å². The lowest BCUT2D eigenvalue weighted by Gasteiger charge is -2.26. The van der Waals surface area contributed by atoms with Crippen molar-refractivity contribution in [2.75, 3.05) is 5.73 Å². The van der Waals surface area contributed by atoms with Gasteiger partial charge >= 0.3 is 0 Å². The smallest absolute Gasteiger partial charge is 0.177 e. The zero-order chi connectivity index (χ0) is 22.2. The van der Waals surface area contributed by atoms with Crippen LogP contribution in [0.15, 0.2) is 53.1 Å². The topological polar surface area (TPSA) is 75.9 Å². The van der Waals surface area contributed by atoms with Gasteiger partial charge < -0.3 is 15.6 Å². The first-order chi connectivity index (χ1) is 15.1. The Kier molecular flexibility index (Phi) is 8.05. The second kappa shape index (κ2) is 10.9. The molecule has 0 saturated heterocycles. The Bertz CT molecular complexity index is 1010. The van der Waals surface area contributed by atoms with E-state index in [0.29, 0.717) is 11.4 Å². The molecule has 4 nitrogen and oxygen atoms in total. The minimum Gasteiger partial charge on any atom is -0.452 e. The van der Waals surface area contributed by atoms with E-state index in [-0.39, 0.29) is 0 Å². The van der Waals surface area contributed by atoms with E-state index in [2.05, 4.69) is 18.8 Å². The van der Waals surface area contributed by atoms with E-state index >= 15 is 0 Å². The molecule has 3 aromatic rings. The molecular formula is C27H35N3O. The molecule has 1 fully saturated rings. The van der Waals surface area contributed by atoms with Crippen LogP contribution < -0.4 is 5.73 Å². The summed E-state index contributed by atoms with van der Waals surface area (Å²) in [7, 11) is 0. The maximum atomic E-state index is 7.51. The van der Waals surface area contributed by atoms with Crippen LogP contribution in [-0.4, -0.2) is 11.2 Å². The Hall–Kier alpha value is -2.88. The molecule has 31 heavy (non-hydrogen) atoms. The molecule has 0 bridgehead atoms. The van der Waals surface area contributed by atoms with Crippen LogP contribution in [0.25, 0.3) is 27.9 Å². The highest BCUT2D eigenvalue weighted by atomic mass is 16.3. The second-order valence-corrected chi connectivity index (χ2v) is 8.45. The van der Waals surface area contributed by atoms with Crippen molar-refractivity contribution < 1.29 is 4.42 Å². The number of furan rings is 1. The highest BCUT2D eigenvalue weighted by Crippen LogP contribution is 2.34. The Morgan fingerprint density at radius 2 is 1.94 bits per heavy atom. The molecule has 3 N–H and O–H groups in total. The fourth-order valence-corrected chi connectivity index (χ4v) is 4.37. The normalized spacial score (nSPS) is 15.9. The largest absolute Gasteiger partial charge is 0.452 e. The highest BCUT2D eigenvalue weighted by molar-refractivity contribution is 6.14. The van der Waals surface area contributed by atoms with Crippen LogP contribution >= 0.6 is 0 Å². The summed E-state index contributed by atoms with van der Waals surface area (Å²) >= 11 is 0. The number of benzene rings is 1. The van der Waals surface area contributed by atoms with E-state index in [1.54, 1.807) is 6.20 Å². The van der Waals surface area contributed by atoms with Crippen molar-refractivity contribution >= 4 is 28.6 Å². The molecule has 1 aliphatic rings. The SMILES string of the molecule is C/C=C(\C=N)c1cnc(N)c2oc(-c3ccccc3)cc12.CCC(C)C1CCCCC1. The van der Waals surface area contributed by atoms with Crippen molar-refractivity contribution in [1.82, 2.24) is 4.98 Å². The monoisotopic (exact) mass is 417 g/mol. The average Bonchev–Trinajstić information content (AvgIpc) is 3.29. The van der Waals surface area contributed by atoms with Gasteiger partial charge in [-0.25, -0.2) is 4.98 Å². The molecule has 0 spiro atoms. The van der Waals surface area contributed by atoms with E-state index < -0.39 is 0 Å². The molecule has 1 unspecified atom stereocenters. The number of rotatable bonds is 5. The number of hydrogen-bond acceptors (Lipinski definition) is 4. The molecule has 0 amide bonds. The quantitative estimate of drug-likeness (QED) is 0.417. The van der Waals surface area contributed by atoms with Crippen molar-refractivity contribution in [3.63, 3.8) is 0 Å². The first-order valence-corrected chi connectivity index (χ1v) is 11.5. The highest BCUT2D eigenvalue weighted by Gasteiger charge is 2.18. The zero-order valence-corrected chi connectivity index (χ0v) is 19.0. The van der Waals surface area contributed by atoms with Gasteiger partial charge in [-0.2, -0.15) is 0 Å². The summed E-state index contributed by atoms with van der Waals surface area (Å²) in [5, 5.41) is 8.39. The van der Waals surface area contributed by atoms with Crippen LogP contribution in [-0.2, 0) is 0 Å². The molecule has 164 valence electrons. The number of nitrogens with zero attached hydrogens (tertiary/aromatic N) is 1. The van der Waals surface area contributed by atoms with Gasteiger partial charge in [0.1, 0.15) is 5.76 Å². The zero-order valence-electron chi connectivity index (χ0n) is 19.0. The number of nitrogens with one attached hydrogen (secondary N) is 1. The van der Waals surface area contributed by atoms with Gasteiger partial charge in [-0.05, 0) is 30.4 Å². The van der Waals surface area contributed by atoms with E-state index in [1.807, 2.05) is 49.4 Å². The molecule has 1 saturated carbocycles. The number of aromatic nitrogens is 1. The predicted octanol–water partition coefficient (Wildman–Crippen LogP) is 7.74. The lowest BCUT2D eigenvalue weighted by Crippen LogP contribution is -2.14. The van der Waals surface area contributed by atoms with Crippen molar-refractivity contribution in [1.29, 1.82) is 5.41 Å². The van der Waals surface area contributed by atoms with Crippen LogP contribution in [0.5, 0.6) is 0 Å². The van der Waals surface area contributed by atoms with Crippen LogP contribution in [0, 0.1) is 17.2 Å². The second-order valence-electron chi connectivity index (χ2n) is 8.45. The number of anilines is 1. The van der Waals surface area contributed by atoms with Crippen LogP contribution in [0.2, 0.25) is 0 Å².